The molecule has 0 fully saturated rings. The summed E-state index contributed by atoms with van der Waals surface area (Å²) in [5, 5.41) is 3.18. The predicted molar refractivity (Wildman–Crippen MR) is 64.4 cm³/mol. The Balaban J connectivity index is 2.05. The molecule has 0 radical (unpaired) electrons. The van der Waals surface area contributed by atoms with Crippen molar-refractivity contribution in [1.29, 1.82) is 0 Å². The van der Waals surface area contributed by atoms with Crippen LogP contribution in [0.2, 0.25) is 0 Å². The molecule has 92 valence electrons. The molecule has 2 rings (SSSR count). The van der Waals surface area contributed by atoms with Crippen molar-refractivity contribution in [3.05, 3.63) is 29.6 Å². The first-order valence-electron chi connectivity index (χ1n) is 5.85. The zero-order chi connectivity index (χ0) is 12.5. The summed E-state index contributed by atoms with van der Waals surface area (Å²) in [5.41, 5.74) is 1.71. The summed E-state index contributed by atoms with van der Waals surface area (Å²) in [6, 6.07) is 3.66. The Morgan fingerprint density at radius 3 is 3.00 bits per heavy atom. The Hall–Kier alpha value is -1.42. The number of carbonyl (C=O) groups excluding carboxylic acids is 1. The van der Waals surface area contributed by atoms with Crippen molar-refractivity contribution in [2.75, 3.05) is 0 Å². The van der Waals surface area contributed by atoms with Gasteiger partial charge in [-0.3, -0.25) is 15.1 Å². The number of pyridine rings is 1. The molecule has 0 aromatic carbocycles. The van der Waals surface area contributed by atoms with E-state index in [1.54, 1.807) is 6.20 Å². The van der Waals surface area contributed by atoms with Crippen molar-refractivity contribution >= 4 is 5.97 Å². The third kappa shape index (κ3) is 3.03. The van der Waals surface area contributed by atoms with Crippen molar-refractivity contribution in [3.8, 4) is 0 Å². The summed E-state index contributed by atoms with van der Waals surface area (Å²) >= 11 is 0. The third-order valence-electron chi connectivity index (χ3n) is 2.61. The minimum absolute atomic E-state index is 0.200. The molecule has 0 amide bonds. The van der Waals surface area contributed by atoms with Crippen LogP contribution < -0.4 is 5.32 Å². The van der Waals surface area contributed by atoms with E-state index < -0.39 is 5.60 Å². The molecular formula is C13H18N2O2. The quantitative estimate of drug-likeness (QED) is 0.747. The van der Waals surface area contributed by atoms with E-state index in [2.05, 4.69) is 10.3 Å². The second-order valence-electron chi connectivity index (χ2n) is 5.28. The van der Waals surface area contributed by atoms with Crippen LogP contribution in [0.1, 0.15) is 32.0 Å². The van der Waals surface area contributed by atoms with Gasteiger partial charge in [0.15, 0.2) is 0 Å². The van der Waals surface area contributed by atoms with Crippen LogP contribution in [0.3, 0.4) is 0 Å². The van der Waals surface area contributed by atoms with Crippen LogP contribution in [-0.2, 0) is 22.5 Å². The number of rotatable bonds is 1. The van der Waals surface area contributed by atoms with E-state index >= 15 is 0 Å². The fourth-order valence-corrected chi connectivity index (χ4v) is 1.85. The highest BCUT2D eigenvalue weighted by atomic mass is 16.6. The molecule has 1 aliphatic heterocycles. The fourth-order valence-electron chi connectivity index (χ4n) is 1.85. The zero-order valence-electron chi connectivity index (χ0n) is 10.5. The van der Waals surface area contributed by atoms with Gasteiger partial charge in [0, 0.05) is 24.9 Å². The number of nitrogens with one attached hydrogen (secondary N) is 1. The van der Waals surface area contributed by atoms with Gasteiger partial charge >= 0.3 is 5.97 Å². The molecule has 0 spiro atoms. The van der Waals surface area contributed by atoms with Crippen molar-refractivity contribution in [3.63, 3.8) is 0 Å². The lowest BCUT2D eigenvalue weighted by Crippen LogP contribution is -2.45. The predicted octanol–water partition coefficient (Wildman–Crippen LogP) is 1.44. The Bertz CT molecular complexity index is 424. The first-order chi connectivity index (χ1) is 7.96. The summed E-state index contributed by atoms with van der Waals surface area (Å²) in [4.78, 5) is 16.2. The van der Waals surface area contributed by atoms with Crippen LogP contribution in [0, 0.1) is 0 Å². The topological polar surface area (TPSA) is 51.2 Å². The monoisotopic (exact) mass is 234 g/mol. The maximum Gasteiger partial charge on any atom is 0.324 e. The largest absolute Gasteiger partial charge is 0.459 e. The van der Waals surface area contributed by atoms with E-state index in [1.165, 1.54) is 0 Å². The fraction of sp³-hybridized carbons (Fsp3) is 0.538. The number of aromatic nitrogens is 1. The second kappa shape index (κ2) is 4.45. The molecular weight excluding hydrogens is 216 g/mol. The maximum atomic E-state index is 11.9. The summed E-state index contributed by atoms with van der Waals surface area (Å²) in [6.45, 7) is 6.30. The van der Waals surface area contributed by atoms with Gasteiger partial charge in [0.2, 0.25) is 0 Å². The average Bonchev–Trinajstić information content (AvgIpc) is 2.26. The Morgan fingerprint density at radius 1 is 1.53 bits per heavy atom. The normalized spacial score (nSPS) is 19.6. The SMILES string of the molecule is CC(C)(C)OC(=O)[C@H]1Cc2ncccc2CN1. The molecule has 2 heterocycles. The third-order valence-corrected chi connectivity index (χ3v) is 2.61. The number of nitrogens with zero attached hydrogens (tertiary/aromatic N) is 1. The number of ether oxygens (including phenoxy) is 1. The first kappa shape index (κ1) is 12.0. The van der Waals surface area contributed by atoms with Gasteiger partial charge in [0.05, 0.1) is 0 Å². The number of hydrogen-bond donors (Lipinski definition) is 1. The first-order valence-corrected chi connectivity index (χ1v) is 5.85. The molecule has 0 unspecified atom stereocenters. The summed E-state index contributed by atoms with van der Waals surface area (Å²) in [7, 11) is 0. The molecule has 0 aliphatic carbocycles. The molecule has 1 atom stereocenters. The molecule has 1 N–H and O–H groups in total. The van der Waals surface area contributed by atoms with Gasteiger partial charge in [0.1, 0.15) is 11.6 Å². The standard InChI is InChI=1S/C13H18N2O2/c1-13(2,3)17-12(16)11-7-10-9(8-15-11)5-4-6-14-10/h4-6,11,15H,7-8H2,1-3H3/t11-/m1/s1. The molecule has 0 bridgehead atoms. The van der Waals surface area contributed by atoms with Crippen LogP contribution in [0.5, 0.6) is 0 Å². The van der Waals surface area contributed by atoms with Gasteiger partial charge < -0.3 is 4.74 Å². The van der Waals surface area contributed by atoms with Crippen LogP contribution in [0.4, 0.5) is 0 Å². The van der Waals surface area contributed by atoms with E-state index in [0.717, 1.165) is 11.3 Å². The van der Waals surface area contributed by atoms with E-state index in [0.29, 0.717) is 13.0 Å². The summed E-state index contributed by atoms with van der Waals surface area (Å²) in [6.07, 6.45) is 2.36. The number of hydrogen-bond acceptors (Lipinski definition) is 4. The van der Waals surface area contributed by atoms with Gasteiger partial charge in [-0.25, -0.2) is 0 Å². The highest BCUT2D eigenvalue weighted by Gasteiger charge is 2.28. The van der Waals surface area contributed by atoms with E-state index in [9.17, 15) is 4.79 Å². The molecule has 0 saturated heterocycles. The second-order valence-corrected chi connectivity index (χ2v) is 5.28. The Morgan fingerprint density at radius 2 is 2.29 bits per heavy atom. The van der Waals surface area contributed by atoms with E-state index in [4.69, 9.17) is 4.74 Å². The number of esters is 1. The van der Waals surface area contributed by atoms with Crippen molar-refractivity contribution < 1.29 is 9.53 Å². The minimum Gasteiger partial charge on any atom is -0.459 e. The van der Waals surface area contributed by atoms with Gasteiger partial charge in [-0.15, -0.1) is 0 Å². The summed E-state index contributed by atoms with van der Waals surface area (Å²) in [5.74, 6) is -0.200. The maximum absolute atomic E-state index is 11.9. The van der Waals surface area contributed by atoms with Crippen LogP contribution in [-0.4, -0.2) is 22.6 Å². The number of fused-ring (bicyclic) bond motifs is 1. The molecule has 0 saturated carbocycles. The summed E-state index contributed by atoms with van der Waals surface area (Å²) < 4.78 is 5.36. The van der Waals surface area contributed by atoms with Crippen LogP contribution in [0.15, 0.2) is 18.3 Å². The lowest BCUT2D eigenvalue weighted by molar-refractivity contribution is -0.157. The highest BCUT2D eigenvalue weighted by Crippen LogP contribution is 2.16. The lowest BCUT2D eigenvalue weighted by atomic mass is 10.0. The molecule has 1 aliphatic rings. The Labute approximate surface area is 101 Å². The van der Waals surface area contributed by atoms with Crippen LogP contribution >= 0.6 is 0 Å². The minimum atomic E-state index is -0.441. The van der Waals surface area contributed by atoms with E-state index in [1.807, 2.05) is 32.9 Å². The zero-order valence-corrected chi connectivity index (χ0v) is 10.5. The average molecular weight is 234 g/mol. The van der Waals surface area contributed by atoms with Crippen molar-refractivity contribution in [2.45, 2.75) is 45.4 Å². The van der Waals surface area contributed by atoms with Gasteiger partial charge in [0.25, 0.3) is 0 Å². The molecule has 1 aromatic rings. The van der Waals surface area contributed by atoms with Gasteiger partial charge in [-0.2, -0.15) is 0 Å². The molecule has 17 heavy (non-hydrogen) atoms. The Kier molecular flexibility index (Phi) is 3.15. The van der Waals surface area contributed by atoms with Gasteiger partial charge in [-0.1, -0.05) is 6.07 Å². The van der Waals surface area contributed by atoms with Crippen molar-refractivity contribution in [2.24, 2.45) is 0 Å². The van der Waals surface area contributed by atoms with Gasteiger partial charge in [-0.05, 0) is 32.4 Å². The number of carbonyl (C=O) groups is 1. The smallest absolute Gasteiger partial charge is 0.324 e. The van der Waals surface area contributed by atoms with E-state index in [-0.39, 0.29) is 12.0 Å². The van der Waals surface area contributed by atoms with Crippen molar-refractivity contribution in [1.82, 2.24) is 10.3 Å². The molecule has 4 heteroatoms. The van der Waals surface area contributed by atoms with Crippen LogP contribution in [0.25, 0.3) is 0 Å². The molecule has 4 nitrogen and oxygen atoms in total. The highest BCUT2D eigenvalue weighted by molar-refractivity contribution is 5.77. The lowest BCUT2D eigenvalue weighted by Gasteiger charge is -2.27. The molecule has 1 aromatic heterocycles.